The molecule has 0 aliphatic heterocycles. The van der Waals surface area contributed by atoms with Gasteiger partial charge in [-0.25, -0.2) is 0 Å². The fraction of sp³-hybridized carbons (Fsp3) is 0.800. The van der Waals surface area contributed by atoms with E-state index in [4.69, 9.17) is 20.4 Å². The number of rotatable bonds is 4. The van der Waals surface area contributed by atoms with E-state index >= 15 is 0 Å². The van der Waals surface area contributed by atoms with Gasteiger partial charge in [0, 0.05) is 0 Å². The van der Waals surface area contributed by atoms with Crippen molar-refractivity contribution in [1.29, 1.82) is 0 Å². The maximum Gasteiger partial charge on any atom is 0.151 e. The normalized spacial score (nSPS) is 19.6. The molecule has 0 bridgehead atoms. The minimum atomic E-state index is -1.64. The molecule has 5 nitrogen and oxygen atoms in total. The summed E-state index contributed by atoms with van der Waals surface area (Å²) < 4.78 is 0. The molecule has 3 atom stereocenters. The van der Waals surface area contributed by atoms with Crippen molar-refractivity contribution in [1.82, 2.24) is 0 Å². The van der Waals surface area contributed by atoms with Crippen LogP contribution in [0.25, 0.3) is 0 Å². The van der Waals surface area contributed by atoms with Gasteiger partial charge < -0.3 is 25.2 Å². The summed E-state index contributed by atoms with van der Waals surface area (Å²) in [5.41, 5.74) is 0. The van der Waals surface area contributed by atoms with Crippen LogP contribution in [-0.2, 0) is 4.79 Å². The number of aliphatic hydroxyl groups is 4. The Morgan fingerprint density at radius 2 is 1.80 bits per heavy atom. The zero-order valence-electron chi connectivity index (χ0n) is 5.21. The molecular formula is C5H10O5. The first-order valence-corrected chi connectivity index (χ1v) is 2.73. The highest BCUT2D eigenvalue weighted by Crippen LogP contribution is 1.96. The van der Waals surface area contributed by atoms with E-state index in [9.17, 15) is 4.79 Å². The number of hydrogen-bond donors (Lipinski definition) is 4. The van der Waals surface area contributed by atoms with Gasteiger partial charge in [-0.2, -0.15) is 0 Å². The van der Waals surface area contributed by atoms with Crippen molar-refractivity contribution in [3.8, 4) is 0 Å². The third-order valence-corrected chi connectivity index (χ3v) is 1.07. The van der Waals surface area contributed by atoms with Crippen molar-refractivity contribution in [3.05, 3.63) is 0 Å². The van der Waals surface area contributed by atoms with Crippen molar-refractivity contribution in [2.24, 2.45) is 0 Å². The molecule has 0 unspecified atom stereocenters. The largest absolute Gasteiger partial charge is 0.394 e. The van der Waals surface area contributed by atoms with Crippen LogP contribution in [0.15, 0.2) is 0 Å². The van der Waals surface area contributed by atoms with Crippen LogP contribution in [-0.4, -0.2) is 51.6 Å². The lowest BCUT2D eigenvalue weighted by Crippen LogP contribution is -2.40. The minimum Gasteiger partial charge on any atom is -0.394 e. The van der Waals surface area contributed by atoms with Gasteiger partial charge in [0.1, 0.15) is 18.3 Å². The fourth-order valence-electron chi connectivity index (χ4n) is 0.416. The Morgan fingerprint density at radius 1 is 1.30 bits per heavy atom. The number of carbonyl (C=O) groups excluding carboxylic acids is 1. The molecule has 0 spiro atoms. The van der Waals surface area contributed by atoms with E-state index < -0.39 is 24.9 Å². The van der Waals surface area contributed by atoms with E-state index in [0.29, 0.717) is 0 Å². The molecule has 0 radical (unpaired) electrons. The predicted molar refractivity (Wildman–Crippen MR) is 31.2 cm³/mol. The molecule has 0 saturated carbocycles. The molecule has 60 valence electrons. The molecule has 0 aromatic carbocycles. The molecule has 0 heterocycles. The summed E-state index contributed by atoms with van der Waals surface area (Å²) in [6.45, 7) is -0.688. The Hall–Kier alpha value is -0.490. The summed E-state index contributed by atoms with van der Waals surface area (Å²) in [4.78, 5) is 9.76. The molecule has 10 heavy (non-hydrogen) atoms. The molecule has 0 rings (SSSR count). The molecule has 4 N–H and O–H groups in total. The van der Waals surface area contributed by atoms with Gasteiger partial charge in [0.2, 0.25) is 0 Å². The first-order chi connectivity index (χ1) is 4.63. The van der Waals surface area contributed by atoms with Crippen LogP contribution >= 0.6 is 0 Å². The Bertz CT molecular complexity index is 104. The number of aliphatic hydroxyl groups excluding tert-OH is 4. The Morgan fingerprint density at radius 3 is 2.10 bits per heavy atom. The second kappa shape index (κ2) is 4.35. The number of aldehydes is 1. The van der Waals surface area contributed by atoms with Crippen LogP contribution < -0.4 is 0 Å². The highest BCUT2D eigenvalue weighted by molar-refractivity contribution is 5.56. The fourth-order valence-corrected chi connectivity index (χ4v) is 0.416. The lowest BCUT2D eigenvalue weighted by Gasteiger charge is -2.16. The molecule has 0 fully saturated rings. The van der Waals surface area contributed by atoms with Crippen molar-refractivity contribution in [2.75, 3.05) is 6.61 Å². The van der Waals surface area contributed by atoms with E-state index in [2.05, 4.69) is 0 Å². The SMILES string of the molecule is O=[13CH][13C@@H](O)[C@H](O)[C@H](O)CO. The number of carbonyl (C=O) groups is 1. The average Bonchev–Trinajstić information content (AvgIpc) is 2.00. The van der Waals surface area contributed by atoms with Gasteiger partial charge in [0.15, 0.2) is 6.29 Å². The van der Waals surface area contributed by atoms with Crippen LogP contribution in [0.2, 0.25) is 0 Å². The molecule has 0 aliphatic rings. The summed E-state index contributed by atoms with van der Waals surface area (Å²) in [7, 11) is 0. The Balaban J connectivity index is 3.80. The molecule has 0 amide bonds. The van der Waals surface area contributed by atoms with Crippen molar-refractivity contribution >= 4 is 6.29 Å². The van der Waals surface area contributed by atoms with Crippen LogP contribution in [0, 0.1) is 0 Å². The van der Waals surface area contributed by atoms with E-state index in [1.807, 2.05) is 0 Å². The third kappa shape index (κ3) is 2.40. The zero-order chi connectivity index (χ0) is 8.15. The van der Waals surface area contributed by atoms with Crippen molar-refractivity contribution in [3.63, 3.8) is 0 Å². The summed E-state index contributed by atoms with van der Waals surface area (Å²) in [6, 6.07) is 0. The average molecular weight is 152 g/mol. The standard InChI is InChI=1S/C5H10O5/c6-1-3(8)5(10)4(9)2-7/h1,3-5,7-10H,2H2/t3-,4-,5+/m1/s1/i1+1,3+1. The lowest BCUT2D eigenvalue weighted by atomic mass is 10.3. The molecule has 0 aromatic heterocycles. The monoisotopic (exact) mass is 152 g/mol. The van der Waals surface area contributed by atoms with E-state index in [0.717, 1.165) is 0 Å². The van der Waals surface area contributed by atoms with Crippen LogP contribution in [0.4, 0.5) is 0 Å². The first kappa shape index (κ1) is 9.51. The van der Waals surface area contributed by atoms with Gasteiger partial charge in [-0.05, 0) is 0 Å². The highest BCUT2D eigenvalue weighted by atomic mass is 16.4. The Kier molecular flexibility index (Phi) is 4.13. The van der Waals surface area contributed by atoms with Crippen LogP contribution in [0.5, 0.6) is 0 Å². The predicted octanol–water partition coefficient (Wildman–Crippen LogP) is -2.74. The summed E-state index contributed by atoms with van der Waals surface area (Å²) in [6.07, 6.45) is -4.63. The first-order valence-electron chi connectivity index (χ1n) is 2.73. The Labute approximate surface area is 57.5 Å². The molecule has 0 aliphatic carbocycles. The molecular weight excluding hydrogens is 142 g/mol. The summed E-state index contributed by atoms with van der Waals surface area (Å²) >= 11 is 0. The van der Waals surface area contributed by atoms with E-state index in [1.165, 1.54) is 0 Å². The molecule has 5 heteroatoms. The van der Waals surface area contributed by atoms with Crippen molar-refractivity contribution < 1.29 is 25.2 Å². The minimum absolute atomic E-state index is 0.0869. The maximum atomic E-state index is 9.76. The topological polar surface area (TPSA) is 98.0 Å². The van der Waals surface area contributed by atoms with E-state index in [-0.39, 0.29) is 6.29 Å². The third-order valence-electron chi connectivity index (χ3n) is 1.07. The molecule has 0 aromatic rings. The second-order valence-corrected chi connectivity index (χ2v) is 1.87. The maximum absolute atomic E-state index is 9.76. The molecule has 0 saturated heterocycles. The van der Waals surface area contributed by atoms with Crippen LogP contribution in [0.3, 0.4) is 0 Å². The summed E-state index contributed by atoms with van der Waals surface area (Å²) in [5.74, 6) is 0. The number of hydrogen-bond acceptors (Lipinski definition) is 5. The van der Waals surface area contributed by atoms with Gasteiger partial charge in [0.05, 0.1) is 6.61 Å². The van der Waals surface area contributed by atoms with Gasteiger partial charge >= 0.3 is 0 Å². The zero-order valence-corrected chi connectivity index (χ0v) is 5.21. The van der Waals surface area contributed by atoms with Gasteiger partial charge in [0.25, 0.3) is 0 Å². The lowest BCUT2D eigenvalue weighted by molar-refractivity contribution is -0.127. The second-order valence-electron chi connectivity index (χ2n) is 1.87. The smallest absolute Gasteiger partial charge is 0.151 e. The van der Waals surface area contributed by atoms with Gasteiger partial charge in [-0.3, -0.25) is 0 Å². The quantitative estimate of drug-likeness (QED) is 0.259. The van der Waals surface area contributed by atoms with E-state index in [1.54, 1.807) is 0 Å². The summed E-state index contributed by atoms with van der Waals surface area (Å²) in [5, 5.41) is 34.1. The van der Waals surface area contributed by atoms with Gasteiger partial charge in [-0.1, -0.05) is 0 Å². The van der Waals surface area contributed by atoms with Gasteiger partial charge in [-0.15, -0.1) is 0 Å². The van der Waals surface area contributed by atoms with Crippen molar-refractivity contribution in [2.45, 2.75) is 18.3 Å². The van der Waals surface area contributed by atoms with Crippen LogP contribution in [0.1, 0.15) is 0 Å². The highest BCUT2D eigenvalue weighted by Gasteiger charge is 2.22.